The summed E-state index contributed by atoms with van der Waals surface area (Å²) in [5.41, 5.74) is 0. The van der Waals surface area contributed by atoms with Gasteiger partial charge < -0.3 is 0 Å². The van der Waals surface area contributed by atoms with Crippen molar-refractivity contribution in [1.82, 2.24) is 0 Å². The third-order valence-electron chi connectivity index (χ3n) is 3.29. The molecule has 0 amide bonds. The van der Waals surface area contributed by atoms with E-state index in [1.807, 2.05) is 0 Å². The van der Waals surface area contributed by atoms with Crippen LogP contribution in [-0.2, 0) is 0 Å². The summed E-state index contributed by atoms with van der Waals surface area (Å²) >= 11 is -2.20. The average molecular weight is 314 g/mol. The number of rotatable bonds is 9. The Hall–Kier alpha value is 0.579. The van der Waals surface area contributed by atoms with Crippen LogP contribution in [0.2, 0.25) is 13.3 Å². The van der Waals surface area contributed by atoms with Gasteiger partial charge in [-0.05, 0) is 0 Å². The molecule has 0 radical (unpaired) electrons. The van der Waals surface area contributed by atoms with Crippen molar-refractivity contribution in [2.45, 2.75) is 72.6 Å². The van der Waals surface area contributed by atoms with Gasteiger partial charge in [0.15, 0.2) is 0 Å². The summed E-state index contributed by atoms with van der Waals surface area (Å²) in [5, 5.41) is 0. The van der Waals surface area contributed by atoms with Gasteiger partial charge in [-0.3, -0.25) is 0 Å². The van der Waals surface area contributed by atoms with Gasteiger partial charge in [0.2, 0.25) is 0 Å². The average Bonchev–Trinajstić information content (AvgIpc) is 2.29. The van der Waals surface area contributed by atoms with Gasteiger partial charge in [-0.25, -0.2) is 0 Å². The van der Waals surface area contributed by atoms with Crippen LogP contribution in [0.25, 0.3) is 0 Å². The minimum atomic E-state index is -2.20. The molecule has 0 saturated carbocycles. The van der Waals surface area contributed by atoms with Crippen LogP contribution in [0, 0.1) is 10.4 Å². The molecule has 86 valence electrons. The SMILES string of the molecule is [C+]#[C][Sn]([CH2]CCC)([CH2]CCC)[CH2]CCC. The summed E-state index contributed by atoms with van der Waals surface area (Å²) in [6.45, 7) is 6.79. The molecule has 0 spiro atoms. The second-order valence-electron chi connectivity index (χ2n) is 4.72. The van der Waals surface area contributed by atoms with E-state index in [4.69, 9.17) is 6.42 Å². The molecule has 0 aliphatic carbocycles. The van der Waals surface area contributed by atoms with Crippen LogP contribution in [0.3, 0.4) is 0 Å². The first-order chi connectivity index (χ1) is 7.24. The van der Waals surface area contributed by atoms with E-state index in [0.29, 0.717) is 0 Å². The minimum absolute atomic E-state index is 1.29. The van der Waals surface area contributed by atoms with Gasteiger partial charge in [0, 0.05) is 0 Å². The van der Waals surface area contributed by atoms with E-state index in [1.54, 1.807) is 0 Å². The summed E-state index contributed by atoms with van der Waals surface area (Å²) in [7, 11) is 0. The van der Waals surface area contributed by atoms with Crippen molar-refractivity contribution in [2.75, 3.05) is 0 Å². The van der Waals surface area contributed by atoms with Gasteiger partial charge in [-0.1, -0.05) is 0 Å². The Morgan fingerprint density at radius 2 is 1.13 bits per heavy atom. The molecule has 1 heteroatoms. The van der Waals surface area contributed by atoms with Gasteiger partial charge in [0.25, 0.3) is 0 Å². The van der Waals surface area contributed by atoms with Crippen LogP contribution < -0.4 is 0 Å². The first kappa shape index (κ1) is 15.6. The molecule has 0 nitrogen and oxygen atoms in total. The van der Waals surface area contributed by atoms with Gasteiger partial charge >= 0.3 is 101 Å². The van der Waals surface area contributed by atoms with Crippen LogP contribution in [0.4, 0.5) is 0 Å². The molecule has 0 aromatic rings. The zero-order chi connectivity index (χ0) is 11.6. The van der Waals surface area contributed by atoms with E-state index in [0.717, 1.165) is 0 Å². The van der Waals surface area contributed by atoms with E-state index < -0.39 is 18.4 Å². The van der Waals surface area contributed by atoms with Crippen molar-refractivity contribution >= 4 is 18.4 Å². The predicted molar refractivity (Wildman–Crippen MR) is 72.0 cm³/mol. The third-order valence-corrected chi connectivity index (χ3v) is 16.0. The van der Waals surface area contributed by atoms with Crippen LogP contribution >= 0.6 is 0 Å². The number of hydrogen-bond acceptors (Lipinski definition) is 0. The fourth-order valence-electron chi connectivity index (χ4n) is 2.11. The summed E-state index contributed by atoms with van der Waals surface area (Å²) < 4.78 is 7.23. The Balaban J connectivity index is 4.25. The second-order valence-corrected chi connectivity index (χ2v) is 17.0. The fraction of sp³-hybridized carbons (Fsp3) is 0.857. The zero-order valence-electron chi connectivity index (χ0n) is 10.9. The van der Waals surface area contributed by atoms with Crippen molar-refractivity contribution < 1.29 is 0 Å². The van der Waals surface area contributed by atoms with Crippen molar-refractivity contribution in [3.8, 4) is 3.94 Å². The first-order valence-electron chi connectivity index (χ1n) is 6.68. The maximum absolute atomic E-state index is 7.69. The molecule has 0 atom stereocenters. The van der Waals surface area contributed by atoms with Crippen molar-refractivity contribution in [3.63, 3.8) is 0 Å². The number of hydrogen-bond donors (Lipinski definition) is 0. The molecule has 0 aliphatic heterocycles. The van der Waals surface area contributed by atoms with Crippen LogP contribution in [0.1, 0.15) is 59.3 Å². The molecular formula is C14H27Sn+. The number of unbranched alkanes of at least 4 members (excludes halogenated alkanes) is 3. The fourth-order valence-corrected chi connectivity index (χ4v) is 14.1. The molecule has 0 unspecified atom stereocenters. The molecule has 0 fully saturated rings. The molecule has 0 aromatic heterocycles. The molecule has 15 heavy (non-hydrogen) atoms. The first-order valence-corrected chi connectivity index (χ1v) is 14.2. The van der Waals surface area contributed by atoms with E-state index in [9.17, 15) is 0 Å². The summed E-state index contributed by atoms with van der Waals surface area (Å²) in [5.74, 6) is 0. The van der Waals surface area contributed by atoms with Crippen LogP contribution in [0.5, 0.6) is 0 Å². The van der Waals surface area contributed by atoms with Gasteiger partial charge in [0.05, 0.1) is 0 Å². The summed E-state index contributed by atoms with van der Waals surface area (Å²) in [4.78, 5) is 0. The standard InChI is InChI=1S/3C4H9.C2.Sn/c3*1-3-4-2;1-2;/h3*1,3-4H2,2H3;;/q;;;+1;. The molecule has 0 aromatic carbocycles. The van der Waals surface area contributed by atoms with E-state index in [2.05, 4.69) is 24.7 Å². The molecule has 0 aliphatic rings. The van der Waals surface area contributed by atoms with Crippen LogP contribution in [0.15, 0.2) is 0 Å². The zero-order valence-corrected chi connectivity index (χ0v) is 13.7. The maximum atomic E-state index is 7.69. The van der Waals surface area contributed by atoms with Crippen molar-refractivity contribution in [3.05, 3.63) is 6.42 Å². The molecule has 0 heterocycles. The molecule has 0 saturated heterocycles. The topological polar surface area (TPSA) is 0 Å². The van der Waals surface area contributed by atoms with Gasteiger partial charge in [-0.15, -0.1) is 0 Å². The summed E-state index contributed by atoms with van der Waals surface area (Å²) in [6.07, 6.45) is 15.6. The van der Waals surface area contributed by atoms with Gasteiger partial charge in [0.1, 0.15) is 0 Å². The van der Waals surface area contributed by atoms with Crippen molar-refractivity contribution in [2.24, 2.45) is 0 Å². The van der Waals surface area contributed by atoms with Crippen molar-refractivity contribution in [1.29, 1.82) is 0 Å². The van der Waals surface area contributed by atoms with E-state index in [-0.39, 0.29) is 0 Å². The van der Waals surface area contributed by atoms with Gasteiger partial charge in [-0.2, -0.15) is 0 Å². The third kappa shape index (κ3) is 6.68. The van der Waals surface area contributed by atoms with E-state index >= 15 is 0 Å². The predicted octanol–water partition coefficient (Wildman–Crippen LogP) is 4.96. The Kier molecular flexibility index (Phi) is 10.2. The van der Waals surface area contributed by atoms with Crippen LogP contribution in [-0.4, -0.2) is 18.4 Å². The molecule has 0 N–H and O–H groups in total. The summed E-state index contributed by atoms with van der Waals surface area (Å²) in [6, 6.07) is 0. The molecule has 0 bridgehead atoms. The normalized spacial score (nSPS) is 11.5. The molecule has 0 rings (SSSR count). The Labute approximate surface area is 101 Å². The second kappa shape index (κ2) is 9.78. The Morgan fingerprint density at radius 1 is 0.800 bits per heavy atom. The monoisotopic (exact) mass is 315 g/mol. The molecular weight excluding hydrogens is 287 g/mol. The Bertz CT molecular complexity index is 156. The van der Waals surface area contributed by atoms with E-state index in [1.165, 1.54) is 51.8 Å². The Morgan fingerprint density at radius 3 is 1.33 bits per heavy atom. The quantitative estimate of drug-likeness (QED) is 0.320.